The minimum Gasteiger partial charge on any atom is -0.480 e. The van der Waals surface area contributed by atoms with Gasteiger partial charge in [-0.1, -0.05) is 38.1 Å². The number of carbonyl (C=O) groups excluding carboxylic acids is 2. The highest BCUT2D eigenvalue weighted by Crippen LogP contribution is 2.25. The summed E-state index contributed by atoms with van der Waals surface area (Å²) in [6.07, 6.45) is 0.951. The van der Waals surface area contributed by atoms with Crippen molar-refractivity contribution in [2.75, 3.05) is 24.3 Å². The van der Waals surface area contributed by atoms with Crippen molar-refractivity contribution in [3.05, 3.63) is 35.4 Å². The maximum absolute atomic E-state index is 13.7. The fourth-order valence-corrected chi connectivity index (χ4v) is 4.77. The first-order valence-electron chi connectivity index (χ1n) is 11.5. The van der Waals surface area contributed by atoms with Crippen LogP contribution in [0.1, 0.15) is 31.4 Å². The first kappa shape index (κ1) is 29.1. The molecule has 196 valence electrons. The van der Waals surface area contributed by atoms with Crippen LogP contribution in [-0.2, 0) is 37.2 Å². The molecular formula is C23H36N4O6S2. The van der Waals surface area contributed by atoms with E-state index in [4.69, 9.17) is 5.73 Å². The number of nitrogens with zero attached hydrogens (tertiary/aromatic N) is 1. The average Bonchev–Trinajstić information content (AvgIpc) is 2.79. The zero-order valence-corrected chi connectivity index (χ0v) is 22.0. The Labute approximate surface area is 212 Å². The molecule has 0 saturated heterocycles. The molecule has 5 N–H and O–H groups in total. The fraction of sp³-hybridized carbons (Fsp3) is 0.609. The summed E-state index contributed by atoms with van der Waals surface area (Å²) in [6, 6.07) is 4.27. The third kappa shape index (κ3) is 8.48. The minimum atomic E-state index is -3.42. The van der Waals surface area contributed by atoms with Crippen LogP contribution in [0, 0.1) is 5.92 Å². The number of hydrogen-bond donors (Lipinski definition) is 5. The Morgan fingerprint density at radius 1 is 1.23 bits per heavy atom. The lowest BCUT2D eigenvalue weighted by Gasteiger charge is -2.39. The van der Waals surface area contributed by atoms with Crippen LogP contribution in [0.3, 0.4) is 0 Å². The van der Waals surface area contributed by atoms with E-state index < -0.39 is 39.8 Å². The summed E-state index contributed by atoms with van der Waals surface area (Å²) in [7, 11) is -3.42. The molecule has 1 aromatic rings. The van der Waals surface area contributed by atoms with Crippen LogP contribution in [-0.4, -0.2) is 84.7 Å². The van der Waals surface area contributed by atoms with Gasteiger partial charge in [-0.3, -0.25) is 9.59 Å². The smallest absolute Gasteiger partial charge is 0.326 e. The molecule has 35 heavy (non-hydrogen) atoms. The normalized spacial score (nSPS) is 18.5. The lowest BCUT2D eigenvalue weighted by atomic mass is 9.91. The van der Waals surface area contributed by atoms with E-state index in [1.807, 2.05) is 38.1 Å². The second-order valence-electron chi connectivity index (χ2n) is 9.35. The average molecular weight is 529 g/mol. The van der Waals surface area contributed by atoms with E-state index in [2.05, 4.69) is 23.3 Å². The first-order valence-corrected chi connectivity index (χ1v) is 14.2. The van der Waals surface area contributed by atoms with Crippen LogP contribution in [0.25, 0.3) is 0 Å². The summed E-state index contributed by atoms with van der Waals surface area (Å²) < 4.78 is 23.0. The van der Waals surface area contributed by atoms with E-state index in [1.165, 1.54) is 4.90 Å². The van der Waals surface area contributed by atoms with Crippen LogP contribution in [0.15, 0.2) is 24.3 Å². The van der Waals surface area contributed by atoms with Gasteiger partial charge in [-0.15, -0.1) is 0 Å². The molecule has 2 amide bonds. The lowest BCUT2D eigenvalue weighted by molar-refractivity contribution is -0.146. The molecule has 0 saturated carbocycles. The zero-order chi connectivity index (χ0) is 26.3. The van der Waals surface area contributed by atoms with E-state index in [0.29, 0.717) is 12.3 Å². The standard InChI is InChI=1S/C23H36N4O6S2/c1-14(2)20(25-11-17(24)13-34)22(29)27-12-16-7-5-4-6-15(16)10-19(27)21(28)26-18(23(30)31)8-9-35(3,32)33/h4-7,14,17-20,25,34H,8-13,24H2,1-3H3,(H,26,28)(H,30,31)/t17-,18+,19+,20+/m1/s1. The Kier molecular flexibility index (Phi) is 10.6. The molecule has 0 unspecified atom stereocenters. The number of nitrogens with two attached hydrogens (primary N) is 1. The van der Waals surface area contributed by atoms with Gasteiger partial charge in [0, 0.05) is 37.6 Å². The highest BCUT2D eigenvalue weighted by molar-refractivity contribution is 7.90. The van der Waals surface area contributed by atoms with Crippen LogP contribution in [0.2, 0.25) is 0 Å². The predicted molar refractivity (Wildman–Crippen MR) is 137 cm³/mol. The number of carboxylic acid groups (broad SMARTS) is 1. The number of aliphatic carboxylic acids is 1. The van der Waals surface area contributed by atoms with E-state index in [0.717, 1.165) is 17.4 Å². The summed E-state index contributed by atoms with van der Waals surface area (Å²) in [4.78, 5) is 40.1. The SMILES string of the molecule is CC(C)[C@H](NC[C@@H](N)CS)C(=O)N1Cc2ccccc2C[C@H]1C(=O)N[C@@H](CCS(C)(=O)=O)C(=O)O. The Morgan fingerprint density at radius 3 is 2.40 bits per heavy atom. The van der Waals surface area contributed by atoms with Crippen LogP contribution in [0.4, 0.5) is 0 Å². The van der Waals surface area contributed by atoms with Crippen molar-refractivity contribution in [2.45, 2.75) is 57.4 Å². The molecule has 10 nitrogen and oxygen atoms in total. The van der Waals surface area contributed by atoms with Gasteiger partial charge in [-0.05, 0) is 23.5 Å². The summed E-state index contributed by atoms with van der Waals surface area (Å²) in [5.41, 5.74) is 7.76. The second kappa shape index (κ2) is 12.7. The first-order chi connectivity index (χ1) is 16.3. The maximum atomic E-state index is 13.7. The van der Waals surface area contributed by atoms with Gasteiger partial charge in [0.15, 0.2) is 0 Å². The van der Waals surface area contributed by atoms with Gasteiger partial charge in [-0.25, -0.2) is 13.2 Å². The second-order valence-corrected chi connectivity index (χ2v) is 12.0. The van der Waals surface area contributed by atoms with Crippen LogP contribution in [0.5, 0.6) is 0 Å². The third-order valence-electron chi connectivity index (χ3n) is 5.99. The number of hydrogen-bond acceptors (Lipinski definition) is 8. The number of rotatable bonds is 12. The Morgan fingerprint density at radius 2 is 1.86 bits per heavy atom. The van der Waals surface area contributed by atoms with E-state index in [-0.39, 0.29) is 43.0 Å². The van der Waals surface area contributed by atoms with Gasteiger partial charge in [0.25, 0.3) is 0 Å². The summed E-state index contributed by atoms with van der Waals surface area (Å²) in [5.74, 6) is -2.30. The number of nitrogens with one attached hydrogen (secondary N) is 2. The zero-order valence-electron chi connectivity index (χ0n) is 20.3. The molecule has 4 atom stereocenters. The number of amides is 2. The van der Waals surface area contributed by atoms with Crippen molar-refractivity contribution in [2.24, 2.45) is 11.7 Å². The number of sulfone groups is 1. The molecule has 0 spiro atoms. The van der Waals surface area contributed by atoms with Crippen LogP contribution < -0.4 is 16.4 Å². The topological polar surface area (TPSA) is 159 Å². The van der Waals surface area contributed by atoms with Gasteiger partial charge in [0.2, 0.25) is 11.8 Å². The maximum Gasteiger partial charge on any atom is 0.326 e. The van der Waals surface area contributed by atoms with Gasteiger partial charge >= 0.3 is 5.97 Å². The largest absolute Gasteiger partial charge is 0.480 e. The molecule has 1 heterocycles. The van der Waals surface area contributed by atoms with Gasteiger partial charge in [0.1, 0.15) is 21.9 Å². The van der Waals surface area contributed by atoms with Gasteiger partial charge in [0.05, 0.1) is 11.8 Å². The van der Waals surface area contributed by atoms with Gasteiger partial charge in [-0.2, -0.15) is 12.6 Å². The number of thiol groups is 1. The molecule has 0 radical (unpaired) electrons. The highest BCUT2D eigenvalue weighted by Gasteiger charge is 2.39. The highest BCUT2D eigenvalue weighted by atomic mass is 32.2. The molecule has 12 heteroatoms. The molecule has 0 fully saturated rings. The molecular weight excluding hydrogens is 492 g/mol. The van der Waals surface area contributed by atoms with Crippen molar-refractivity contribution in [3.63, 3.8) is 0 Å². The molecule has 1 aliphatic heterocycles. The monoisotopic (exact) mass is 528 g/mol. The van der Waals surface area contributed by atoms with Crippen molar-refractivity contribution >= 4 is 40.2 Å². The van der Waals surface area contributed by atoms with Gasteiger partial charge < -0.3 is 26.4 Å². The summed E-state index contributed by atoms with van der Waals surface area (Å²) >= 11 is 4.18. The Hall–Kier alpha value is -2.15. The molecule has 0 bridgehead atoms. The number of benzene rings is 1. The van der Waals surface area contributed by atoms with E-state index in [1.54, 1.807) is 0 Å². The molecule has 0 aliphatic carbocycles. The molecule has 0 aromatic heterocycles. The summed E-state index contributed by atoms with van der Waals surface area (Å²) in [6.45, 7) is 4.34. The van der Waals surface area contributed by atoms with Crippen molar-refractivity contribution < 1.29 is 27.9 Å². The van der Waals surface area contributed by atoms with Crippen LogP contribution >= 0.6 is 12.6 Å². The predicted octanol–water partition coefficient (Wildman–Crippen LogP) is -0.185. The number of carbonyl (C=O) groups is 3. The fourth-order valence-electron chi connectivity index (χ4n) is 3.98. The van der Waals surface area contributed by atoms with Crippen molar-refractivity contribution in [1.29, 1.82) is 0 Å². The summed E-state index contributed by atoms with van der Waals surface area (Å²) in [5, 5.41) is 15.2. The quantitative estimate of drug-likeness (QED) is 0.234. The Bertz CT molecular complexity index is 1020. The molecule has 1 aromatic carbocycles. The Balaban J connectivity index is 2.31. The van der Waals surface area contributed by atoms with E-state index >= 15 is 0 Å². The van der Waals surface area contributed by atoms with E-state index in [9.17, 15) is 27.9 Å². The van der Waals surface area contributed by atoms with Crippen molar-refractivity contribution in [1.82, 2.24) is 15.5 Å². The minimum absolute atomic E-state index is 0.1000. The lowest BCUT2D eigenvalue weighted by Crippen LogP contribution is -2.60. The third-order valence-corrected chi connectivity index (χ3v) is 7.44. The molecule has 1 aliphatic rings. The van der Waals surface area contributed by atoms with Crippen molar-refractivity contribution in [3.8, 4) is 0 Å². The number of fused-ring (bicyclic) bond motifs is 1. The number of carboxylic acids is 1. The molecule has 2 rings (SSSR count).